The Morgan fingerprint density at radius 1 is 1.06 bits per heavy atom. The van der Waals surface area contributed by atoms with Gasteiger partial charge in [-0.1, -0.05) is 30.3 Å². The third-order valence-corrected chi connectivity index (χ3v) is 6.36. The van der Waals surface area contributed by atoms with Crippen LogP contribution in [-0.2, 0) is 4.79 Å². The van der Waals surface area contributed by atoms with E-state index in [0.717, 1.165) is 33.8 Å². The number of amidine groups is 1. The summed E-state index contributed by atoms with van der Waals surface area (Å²) in [6.45, 7) is 7.88. The van der Waals surface area contributed by atoms with Crippen LogP contribution in [0.3, 0.4) is 0 Å². The zero-order valence-corrected chi connectivity index (χ0v) is 19.2. The normalized spacial score (nSPS) is 15.9. The zero-order valence-electron chi connectivity index (χ0n) is 18.4. The van der Waals surface area contributed by atoms with Gasteiger partial charge in [0.15, 0.2) is 5.17 Å². The van der Waals surface area contributed by atoms with Gasteiger partial charge in [-0.3, -0.25) is 19.7 Å². The number of benzene rings is 2. The SMILES string of the molecule is Cc1cccc(N=C2NC(=O)/C(=C/c3cc(C)n(NC(=O)c4ccccc4)c3C)S2)c1C. The number of carbonyl (C=O) groups excluding carboxylic acids is 2. The average molecular weight is 445 g/mol. The smallest absolute Gasteiger partial charge is 0.270 e. The van der Waals surface area contributed by atoms with Crippen molar-refractivity contribution in [2.24, 2.45) is 4.99 Å². The molecule has 162 valence electrons. The molecule has 0 atom stereocenters. The van der Waals surface area contributed by atoms with Crippen LogP contribution in [0.15, 0.2) is 64.5 Å². The Hall–Kier alpha value is -3.58. The van der Waals surface area contributed by atoms with Gasteiger partial charge in [-0.2, -0.15) is 0 Å². The molecular weight excluding hydrogens is 420 g/mol. The van der Waals surface area contributed by atoms with Crippen LogP contribution in [0.4, 0.5) is 5.69 Å². The Kier molecular flexibility index (Phi) is 6.01. The van der Waals surface area contributed by atoms with Gasteiger partial charge in [-0.25, -0.2) is 4.99 Å². The summed E-state index contributed by atoms with van der Waals surface area (Å²) in [5.41, 5.74) is 9.16. The predicted octanol–water partition coefficient (Wildman–Crippen LogP) is 5.00. The van der Waals surface area contributed by atoms with Gasteiger partial charge in [-0.15, -0.1) is 0 Å². The van der Waals surface area contributed by atoms with Crippen molar-refractivity contribution in [2.75, 3.05) is 5.43 Å². The highest BCUT2D eigenvalue weighted by molar-refractivity contribution is 8.18. The average Bonchev–Trinajstić information content (AvgIpc) is 3.25. The summed E-state index contributed by atoms with van der Waals surface area (Å²) in [6.07, 6.45) is 1.83. The van der Waals surface area contributed by atoms with Crippen LogP contribution in [0, 0.1) is 27.7 Å². The lowest BCUT2D eigenvalue weighted by atomic mass is 10.1. The van der Waals surface area contributed by atoms with Crippen molar-refractivity contribution in [1.29, 1.82) is 0 Å². The first-order chi connectivity index (χ1) is 15.3. The number of hydrogen-bond donors (Lipinski definition) is 2. The number of nitrogens with one attached hydrogen (secondary N) is 2. The summed E-state index contributed by atoms with van der Waals surface area (Å²) in [4.78, 5) is 30.3. The van der Waals surface area contributed by atoms with E-state index < -0.39 is 0 Å². The first-order valence-corrected chi connectivity index (χ1v) is 11.1. The molecule has 0 aliphatic carbocycles. The number of aryl methyl sites for hydroxylation is 2. The zero-order chi connectivity index (χ0) is 22.8. The van der Waals surface area contributed by atoms with E-state index in [1.165, 1.54) is 11.8 Å². The third kappa shape index (κ3) is 4.38. The number of carbonyl (C=O) groups is 2. The largest absolute Gasteiger partial charge is 0.300 e. The minimum absolute atomic E-state index is 0.183. The van der Waals surface area contributed by atoms with Crippen LogP contribution in [0.2, 0.25) is 0 Å². The Balaban J connectivity index is 1.57. The van der Waals surface area contributed by atoms with Gasteiger partial charge in [0.05, 0.1) is 10.6 Å². The topological polar surface area (TPSA) is 75.5 Å². The van der Waals surface area contributed by atoms with Crippen LogP contribution in [0.5, 0.6) is 0 Å². The van der Waals surface area contributed by atoms with Crippen molar-refractivity contribution in [3.05, 3.63) is 93.1 Å². The molecule has 0 bridgehead atoms. The summed E-state index contributed by atoms with van der Waals surface area (Å²) in [6, 6.07) is 16.9. The molecule has 6 nitrogen and oxygen atoms in total. The molecular formula is C25H24N4O2S. The van der Waals surface area contributed by atoms with E-state index in [2.05, 4.69) is 15.7 Å². The molecule has 1 saturated heterocycles. The van der Waals surface area contributed by atoms with Crippen molar-refractivity contribution in [1.82, 2.24) is 9.99 Å². The van der Waals surface area contributed by atoms with Crippen molar-refractivity contribution >= 4 is 40.5 Å². The second-order valence-electron chi connectivity index (χ2n) is 7.67. The van der Waals surface area contributed by atoms with Crippen molar-refractivity contribution < 1.29 is 9.59 Å². The first kappa shape index (κ1) is 21.6. The van der Waals surface area contributed by atoms with Gasteiger partial charge in [0, 0.05) is 17.0 Å². The quantitative estimate of drug-likeness (QED) is 0.556. The van der Waals surface area contributed by atoms with E-state index in [0.29, 0.717) is 15.6 Å². The number of rotatable bonds is 4. The Morgan fingerprint density at radius 3 is 2.56 bits per heavy atom. The van der Waals surface area contributed by atoms with Crippen LogP contribution >= 0.6 is 11.8 Å². The second kappa shape index (κ2) is 8.88. The van der Waals surface area contributed by atoms with E-state index in [4.69, 9.17) is 0 Å². The van der Waals surface area contributed by atoms with Crippen molar-refractivity contribution in [2.45, 2.75) is 27.7 Å². The fraction of sp³-hybridized carbons (Fsp3) is 0.160. The molecule has 1 aliphatic heterocycles. The fourth-order valence-corrected chi connectivity index (χ4v) is 4.27. The lowest BCUT2D eigenvalue weighted by Crippen LogP contribution is -2.24. The molecule has 0 unspecified atom stereocenters. The molecule has 2 amide bonds. The van der Waals surface area contributed by atoms with E-state index in [1.807, 2.05) is 76.2 Å². The molecule has 0 saturated carbocycles. The Bertz CT molecular complexity index is 1270. The highest BCUT2D eigenvalue weighted by Crippen LogP contribution is 2.30. The number of thioether (sulfide) groups is 1. The van der Waals surface area contributed by atoms with Crippen LogP contribution in [0.1, 0.15) is 38.4 Å². The molecule has 7 heteroatoms. The summed E-state index contributed by atoms with van der Waals surface area (Å²) in [5.74, 6) is -0.375. The van der Waals surface area contributed by atoms with Crippen LogP contribution in [0.25, 0.3) is 6.08 Å². The van der Waals surface area contributed by atoms with Crippen LogP contribution < -0.4 is 10.7 Å². The summed E-state index contributed by atoms with van der Waals surface area (Å²) in [5, 5.41) is 3.40. The molecule has 1 aromatic heterocycles. The van der Waals surface area contributed by atoms with E-state index in [-0.39, 0.29) is 11.8 Å². The van der Waals surface area contributed by atoms with Gasteiger partial charge in [0.1, 0.15) is 0 Å². The van der Waals surface area contributed by atoms with Gasteiger partial charge in [-0.05, 0) is 86.5 Å². The molecule has 3 aromatic rings. The number of nitrogens with zero attached hydrogens (tertiary/aromatic N) is 2. The van der Waals surface area contributed by atoms with Crippen molar-refractivity contribution in [3.8, 4) is 0 Å². The van der Waals surface area contributed by atoms with Gasteiger partial charge in [0.25, 0.3) is 11.8 Å². The molecule has 2 N–H and O–H groups in total. The minimum Gasteiger partial charge on any atom is -0.300 e. The monoisotopic (exact) mass is 444 g/mol. The maximum absolute atomic E-state index is 12.6. The molecule has 0 spiro atoms. The van der Waals surface area contributed by atoms with Gasteiger partial charge >= 0.3 is 0 Å². The number of aromatic nitrogens is 1. The molecule has 32 heavy (non-hydrogen) atoms. The maximum Gasteiger partial charge on any atom is 0.270 e. The molecule has 1 fully saturated rings. The van der Waals surface area contributed by atoms with Gasteiger partial charge in [0.2, 0.25) is 0 Å². The van der Waals surface area contributed by atoms with E-state index in [1.54, 1.807) is 16.8 Å². The third-order valence-electron chi connectivity index (χ3n) is 5.46. The highest BCUT2D eigenvalue weighted by Gasteiger charge is 2.25. The lowest BCUT2D eigenvalue weighted by molar-refractivity contribution is -0.115. The Morgan fingerprint density at radius 2 is 1.81 bits per heavy atom. The van der Waals surface area contributed by atoms with Crippen LogP contribution in [-0.4, -0.2) is 21.7 Å². The number of amides is 2. The lowest BCUT2D eigenvalue weighted by Gasteiger charge is -2.11. The molecule has 4 rings (SSSR count). The van der Waals surface area contributed by atoms with Crippen molar-refractivity contribution in [3.63, 3.8) is 0 Å². The molecule has 2 heterocycles. The second-order valence-corrected chi connectivity index (χ2v) is 8.70. The van der Waals surface area contributed by atoms with Gasteiger partial charge < -0.3 is 5.32 Å². The highest BCUT2D eigenvalue weighted by atomic mass is 32.2. The maximum atomic E-state index is 12.6. The molecule has 2 aromatic carbocycles. The number of aliphatic imine (C=N–C) groups is 1. The summed E-state index contributed by atoms with van der Waals surface area (Å²) < 4.78 is 1.74. The summed E-state index contributed by atoms with van der Waals surface area (Å²) >= 11 is 1.31. The Labute approximate surface area is 191 Å². The summed E-state index contributed by atoms with van der Waals surface area (Å²) in [7, 11) is 0. The molecule has 1 aliphatic rings. The number of hydrogen-bond acceptors (Lipinski definition) is 4. The standard InChI is InChI=1S/C25H24N4O2S/c1-15-9-8-12-21(17(15)3)26-25-27-24(31)22(32-25)14-20-13-16(2)29(18(20)4)28-23(30)19-10-6-5-7-11-19/h5-14H,1-4H3,(H,28,30)(H,26,27,31)/b22-14-. The molecule has 0 radical (unpaired) electrons. The minimum atomic E-state index is -0.192. The fourth-order valence-electron chi connectivity index (χ4n) is 3.45. The predicted molar refractivity (Wildman–Crippen MR) is 131 cm³/mol. The first-order valence-electron chi connectivity index (χ1n) is 10.2. The van der Waals surface area contributed by atoms with E-state index >= 15 is 0 Å². The van der Waals surface area contributed by atoms with E-state index in [9.17, 15) is 9.59 Å².